The average molecular weight is 246 g/mol. The third-order valence-corrected chi connectivity index (χ3v) is 2.43. The lowest BCUT2D eigenvalue weighted by atomic mass is 10.3. The highest BCUT2D eigenvalue weighted by Gasteiger charge is 2.01. The van der Waals surface area contributed by atoms with Gasteiger partial charge in [0.25, 0.3) is 0 Å². The Labute approximate surface area is 107 Å². The van der Waals surface area contributed by atoms with Gasteiger partial charge in [-0.05, 0) is 25.5 Å². The van der Waals surface area contributed by atoms with Crippen LogP contribution in [-0.2, 0) is 6.54 Å². The van der Waals surface area contributed by atoms with E-state index in [1.165, 1.54) is 0 Å². The molecule has 0 bridgehead atoms. The zero-order valence-corrected chi connectivity index (χ0v) is 10.7. The van der Waals surface area contributed by atoms with E-state index in [1.807, 2.05) is 31.2 Å². The first-order valence-corrected chi connectivity index (χ1v) is 6.15. The second-order valence-corrected chi connectivity index (χ2v) is 4.12. The molecule has 0 fully saturated rings. The summed E-state index contributed by atoms with van der Waals surface area (Å²) in [5.41, 5.74) is 0.876. The van der Waals surface area contributed by atoms with Gasteiger partial charge in [0.1, 0.15) is 23.1 Å². The van der Waals surface area contributed by atoms with Crippen LogP contribution in [0.2, 0.25) is 0 Å². The van der Waals surface area contributed by atoms with Gasteiger partial charge in [0.05, 0.1) is 6.54 Å². The van der Waals surface area contributed by atoms with E-state index >= 15 is 0 Å². The second-order valence-electron chi connectivity index (χ2n) is 4.12. The fourth-order valence-corrected chi connectivity index (χ4v) is 1.57. The topological polar surface area (TPSA) is 63.0 Å². The number of rotatable bonds is 6. The number of nitrogens with zero attached hydrogens (tertiary/aromatic N) is 2. The molecule has 0 amide bonds. The van der Waals surface area contributed by atoms with Gasteiger partial charge in [-0.3, -0.25) is 0 Å². The summed E-state index contributed by atoms with van der Waals surface area (Å²) < 4.78 is 5.01. The summed E-state index contributed by atoms with van der Waals surface area (Å²) in [6.07, 6.45) is 1.08. The fraction of sp³-hybridized carbons (Fsp3) is 0.385. The van der Waals surface area contributed by atoms with Gasteiger partial charge >= 0.3 is 0 Å². The van der Waals surface area contributed by atoms with Crippen LogP contribution in [0.3, 0.4) is 0 Å². The molecule has 0 aliphatic carbocycles. The summed E-state index contributed by atoms with van der Waals surface area (Å²) in [7, 11) is 0. The quantitative estimate of drug-likeness (QED) is 0.820. The van der Waals surface area contributed by atoms with E-state index in [1.54, 1.807) is 0 Å². The standard InChI is InChI=1S/C13H18N4O/c1-3-7-14-12-5-4-6-13(16-12)15-9-11-8-10(2)18-17-11/h4-6,8H,3,7,9H2,1-2H3,(H2,14,15,16). The Hall–Kier alpha value is -2.04. The molecule has 5 heteroatoms. The molecule has 0 aliphatic rings. The predicted octanol–water partition coefficient (Wildman–Crippen LogP) is 2.81. The fourth-order valence-electron chi connectivity index (χ4n) is 1.57. The van der Waals surface area contributed by atoms with Crippen LogP contribution in [0.1, 0.15) is 24.8 Å². The molecule has 96 valence electrons. The van der Waals surface area contributed by atoms with Crippen LogP contribution >= 0.6 is 0 Å². The van der Waals surface area contributed by atoms with Gasteiger partial charge in [-0.2, -0.15) is 0 Å². The predicted molar refractivity (Wildman–Crippen MR) is 71.6 cm³/mol. The zero-order valence-electron chi connectivity index (χ0n) is 10.7. The highest BCUT2D eigenvalue weighted by atomic mass is 16.5. The maximum Gasteiger partial charge on any atom is 0.133 e. The van der Waals surface area contributed by atoms with Crippen molar-refractivity contribution in [2.24, 2.45) is 0 Å². The lowest BCUT2D eigenvalue weighted by Gasteiger charge is -2.07. The first-order valence-electron chi connectivity index (χ1n) is 6.15. The lowest BCUT2D eigenvalue weighted by Crippen LogP contribution is -2.05. The van der Waals surface area contributed by atoms with E-state index in [-0.39, 0.29) is 0 Å². The molecule has 0 saturated carbocycles. The third-order valence-electron chi connectivity index (χ3n) is 2.43. The Morgan fingerprint density at radius 3 is 2.67 bits per heavy atom. The first kappa shape index (κ1) is 12.4. The molecule has 0 aromatic carbocycles. The molecule has 2 rings (SSSR count). The van der Waals surface area contributed by atoms with Crippen molar-refractivity contribution in [3.05, 3.63) is 35.7 Å². The summed E-state index contributed by atoms with van der Waals surface area (Å²) in [6.45, 7) is 5.55. The number of hydrogen-bond donors (Lipinski definition) is 2. The monoisotopic (exact) mass is 246 g/mol. The number of pyridine rings is 1. The number of nitrogens with one attached hydrogen (secondary N) is 2. The van der Waals surface area contributed by atoms with Crippen molar-refractivity contribution in [2.75, 3.05) is 17.2 Å². The smallest absolute Gasteiger partial charge is 0.133 e. The minimum atomic E-state index is 0.613. The van der Waals surface area contributed by atoms with Crippen molar-refractivity contribution in [3.63, 3.8) is 0 Å². The minimum absolute atomic E-state index is 0.613. The van der Waals surface area contributed by atoms with Crippen LogP contribution in [0.5, 0.6) is 0 Å². The summed E-state index contributed by atoms with van der Waals surface area (Å²) in [5, 5.41) is 10.4. The summed E-state index contributed by atoms with van der Waals surface area (Å²) in [4.78, 5) is 4.45. The van der Waals surface area contributed by atoms with E-state index in [0.717, 1.165) is 36.1 Å². The Bertz CT molecular complexity index is 495. The minimum Gasteiger partial charge on any atom is -0.370 e. The molecule has 0 unspecified atom stereocenters. The van der Waals surface area contributed by atoms with E-state index in [9.17, 15) is 0 Å². The van der Waals surface area contributed by atoms with E-state index in [0.29, 0.717) is 6.54 Å². The molecule has 5 nitrogen and oxygen atoms in total. The van der Waals surface area contributed by atoms with Gasteiger partial charge in [-0.15, -0.1) is 0 Å². The lowest BCUT2D eigenvalue weighted by molar-refractivity contribution is 0.391. The molecule has 2 heterocycles. The maximum absolute atomic E-state index is 5.01. The molecule has 2 aromatic heterocycles. The average Bonchev–Trinajstić information content (AvgIpc) is 2.80. The van der Waals surface area contributed by atoms with E-state index < -0.39 is 0 Å². The van der Waals surface area contributed by atoms with Crippen LogP contribution < -0.4 is 10.6 Å². The second kappa shape index (κ2) is 6.05. The third kappa shape index (κ3) is 3.48. The Balaban J connectivity index is 1.92. The van der Waals surface area contributed by atoms with Gasteiger partial charge in [-0.25, -0.2) is 4.98 Å². The van der Waals surface area contributed by atoms with Crippen LogP contribution in [0.4, 0.5) is 11.6 Å². The maximum atomic E-state index is 5.01. The first-order chi connectivity index (χ1) is 8.78. The zero-order chi connectivity index (χ0) is 12.8. The van der Waals surface area contributed by atoms with Gasteiger partial charge < -0.3 is 15.2 Å². The van der Waals surface area contributed by atoms with Crippen molar-refractivity contribution in [2.45, 2.75) is 26.8 Å². The molecule has 0 atom stereocenters. The van der Waals surface area contributed by atoms with Crippen molar-refractivity contribution in [3.8, 4) is 0 Å². The Morgan fingerprint density at radius 2 is 2.00 bits per heavy atom. The summed E-state index contributed by atoms with van der Waals surface area (Å²) in [6, 6.07) is 7.78. The van der Waals surface area contributed by atoms with Crippen molar-refractivity contribution in [1.82, 2.24) is 10.1 Å². The number of aryl methyl sites for hydroxylation is 1. The molecule has 18 heavy (non-hydrogen) atoms. The number of anilines is 2. The summed E-state index contributed by atoms with van der Waals surface area (Å²) >= 11 is 0. The number of aromatic nitrogens is 2. The van der Waals surface area contributed by atoms with Crippen LogP contribution in [-0.4, -0.2) is 16.7 Å². The van der Waals surface area contributed by atoms with E-state index in [4.69, 9.17) is 4.52 Å². The van der Waals surface area contributed by atoms with Crippen molar-refractivity contribution >= 4 is 11.6 Å². The highest BCUT2D eigenvalue weighted by Crippen LogP contribution is 2.10. The van der Waals surface area contributed by atoms with Gasteiger partial charge in [0.2, 0.25) is 0 Å². The van der Waals surface area contributed by atoms with Crippen LogP contribution in [0, 0.1) is 6.92 Å². The summed E-state index contributed by atoms with van der Waals surface area (Å²) in [5.74, 6) is 2.54. The Kier molecular flexibility index (Phi) is 4.17. The van der Waals surface area contributed by atoms with E-state index in [2.05, 4.69) is 27.7 Å². The van der Waals surface area contributed by atoms with Crippen LogP contribution in [0.15, 0.2) is 28.8 Å². The Morgan fingerprint density at radius 1 is 1.22 bits per heavy atom. The number of hydrogen-bond acceptors (Lipinski definition) is 5. The molecule has 0 radical (unpaired) electrons. The molecular formula is C13H18N4O. The van der Waals surface area contributed by atoms with Crippen molar-refractivity contribution < 1.29 is 4.52 Å². The van der Waals surface area contributed by atoms with Gasteiger partial charge in [0, 0.05) is 12.6 Å². The van der Waals surface area contributed by atoms with Gasteiger partial charge in [0.15, 0.2) is 0 Å². The normalized spacial score (nSPS) is 10.3. The molecule has 2 aromatic rings. The van der Waals surface area contributed by atoms with Crippen LogP contribution in [0.25, 0.3) is 0 Å². The molecular weight excluding hydrogens is 228 g/mol. The molecule has 0 saturated heterocycles. The molecule has 2 N–H and O–H groups in total. The molecule has 0 spiro atoms. The largest absolute Gasteiger partial charge is 0.370 e. The van der Waals surface area contributed by atoms with Gasteiger partial charge in [-0.1, -0.05) is 18.1 Å². The SMILES string of the molecule is CCCNc1cccc(NCc2cc(C)on2)n1. The van der Waals surface area contributed by atoms with Crippen molar-refractivity contribution in [1.29, 1.82) is 0 Å². The molecule has 0 aliphatic heterocycles. The highest BCUT2D eigenvalue weighted by molar-refractivity contribution is 5.45.